The smallest absolute Gasteiger partial charge is 0.308 e. The van der Waals surface area contributed by atoms with Crippen LogP contribution in [0.1, 0.15) is 66.2 Å². The van der Waals surface area contributed by atoms with Crippen molar-refractivity contribution in [3.8, 4) is 0 Å². The second kappa shape index (κ2) is 9.60. The summed E-state index contributed by atoms with van der Waals surface area (Å²) in [6, 6.07) is 6.60. The van der Waals surface area contributed by atoms with Crippen LogP contribution in [0, 0.1) is 0 Å². The maximum absolute atomic E-state index is 13.2. The zero-order valence-corrected chi connectivity index (χ0v) is 18.7. The Morgan fingerprint density at radius 2 is 1.81 bits per heavy atom. The summed E-state index contributed by atoms with van der Waals surface area (Å²) in [6.45, 7) is 1.45. The van der Waals surface area contributed by atoms with Crippen molar-refractivity contribution >= 4 is 40.2 Å². The third-order valence-electron chi connectivity index (χ3n) is 5.88. The molecular formula is C23H25N3O5S. The fraction of sp³-hybridized carbons (Fsp3) is 0.435. The van der Waals surface area contributed by atoms with Crippen LogP contribution in [0.5, 0.6) is 0 Å². The molecule has 1 atom stereocenters. The molecule has 2 heterocycles. The van der Waals surface area contributed by atoms with Crippen LogP contribution in [0.3, 0.4) is 0 Å². The van der Waals surface area contributed by atoms with E-state index in [9.17, 15) is 19.2 Å². The highest BCUT2D eigenvalue weighted by molar-refractivity contribution is 7.13. The van der Waals surface area contributed by atoms with Crippen molar-refractivity contribution in [1.29, 1.82) is 0 Å². The number of imide groups is 1. The average Bonchev–Trinajstić information content (AvgIpc) is 3.41. The summed E-state index contributed by atoms with van der Waals surface area (Å²) in [6.07, 6.45) is 5.53. The number of carbonyl (C=O) groups excluding carboxylic acids is 4. The number of thiazole rings is 1. The molecule has 1 fully saturated rings. The molecule has 0 bridgehead atoms. The fourth-order valence-electron chi connectivity index (χ4n) is 4.25. The molecule has 3 amide bonds. The number of anilines is 1. The van der Waals surface area contributed by atoms with Gasteiger partial charge in [-0.2, -0.15) is 0 Å². The van der Waals surface area contributed by atoms with Crippen LogP contribution in [0.25, 0.3) is 0 Å². The topological polar surface area (TPSA) is 96.9 Å². The van der Waals surface area contributed by atoms with Crippen LogP contribution in [0.15, 0.2) is 35.8 Å². The van der Waals surface area contributed by atoms with Crippen molar-refractivity contribution in [3.63, 3.8) is 0 Å². The molecule has 8 nitrogen and oxygen atoms in total. The summed E-state index contributed by atoms with van der Waals surface area (Å²) < 4.78 is 5.39. The van der Waals surface area contributed by atoms with Gasteiger partial charge in [-0.3, -0.25) is 29.0 Å². The first-order valence-corrected chi connectivity index (χ1v) is 11.7. The maximum Gasteiger partial charge on any atom is 0.308 e. The van der Waals surface area contributed by atoms with Gasteiger partial charge in [-0.25, -0.2) is 4.98 Å². The maximum atomic E-state index is 13.2. The van der Waals surface area contributed by atoms with Gasteiger partial charge in [0.2, 0.25) is 0 Å². The fourth-order valence-corrected chi connectivity index (χ4v) is 4.97. The summed E-state index contributed by atoms with van der Waals surface area (Å²) in [5, 5.41) is 2.42. The van der Waals surface area contributed by atoms with E-state index in [4.69, 9.17) is 4.74 Å². The lowest BCUT2D eigenvalue weighted by atomic mass is 9.94. The highest BCUT2D eigenvalue weighted by atomic mass is 32.1. The van der Waals surface area contributed by atoms with Crippen LogP contribution in [0.2, 0.25) is 0 Å². The number of nitrogens with zero attached hydrogens (tertiary/aromatic N) is 3. The van der Waals surface area contributed by atoms with E-state index in [1.165, 1.54) is 11.3 Å². The number of fused-ring (bicyclic) bond motifs is 1. The molecule has 1 aliphatic heterocycles. The van der Waals surface area contributed by atoms with E-state index in [2.05, 4.69) is 4.98 Å². The average molecular weight is 456 g/mol. The molecule has 0 saturated heterocycles. The van der Waals surface area contributed by atoms with Gasteiger partial charge < -0.3 is 4.74 Å². The van der Waals surface area contributed by atoms with Gasteiger partial charge in [0.1, 0.15) is 0 Å². The van der Waals surface area contributed by atoms with Crippen LogP contribution in [-0.2, 0) is 14.3 Å². The normalized spacial score (nSPS) is 17.2. The lowest BCUT2D eigenvalue weighted by Crippen LogP contribution is -2.47. The quantitative estimate of drug-likeness (QED) is 0.469. The Balaban J connectivity index is 1.36. The minimum atomic E-state index is -0.990. The highest BCUT2D eigenvalue weighted by Crippen LogP contribution is 2.30. The van der Waals surface area contributed by atoms with Crippen LogP contribution < -0.4 is 4.90 Å². The van der Waals surface area contributed by atoms with Gasteiger partial charge in [-0.05, 0) is 31.9 Å². The number of hydrogen-bond donors (Lipinski definition) is 0. The monoisotopic (exact) mass is 455 g/mol. The van der Waals surface area contributed by atoms with E-state index >= 15 is 0 Å². The van der Waals surface area contributed by atoms with Gasteiger partial charge >= 0.3 is 5.97 Å². The first-order chi connectivity index (χ1) is 15.5. The number of aromatic nitrogens is 1. The van der Waals surface area contributed by atoms with E-state index in [1.807, 2.05) is 5.38 Å². The molecule has 0 radical (unpaired) electrons. The number of ether oxygens (including phenoxy) is 1. The molecule has 1 aliphatic carbocycles. The molecule has 9 heteroatoms. The summed E-state index contributed by atoms with van der Waals surface area (Å²) in [5.41, 5.74) is 0.668. The minimum absolute atomic E-state index is 0.0434. The van der Waals surface area contributed by atoms with Crippen molar-refractivity contribution in [2.45, 2.75) is 57.6 Å². The van der Waals surface area contributed by atoms with E-state index in [-0.39, 0.29) is 24.9 Å². The van der Waals surface area contributed by atoms with Crippen molar-refractivity contribution < 1.29 is 23.9 Å². The number of benzene rings is 1. The highest BCUT2D eigenvalue weighted by Gasteiger charge is 2.36. The molecule has 0 N–H and O–H groups in total. The first kappa shape index (κ1) is 22.1. The standard InChI is InChI=1S/C23H25N3O5S/c1-15(20(28)26(23-24-12-14-32-23)16-7-3-2-4-8-16)31-19(27)11-13-25-21(29)17-9-5-6-10-18(17)22(25)30/h5-6,9-10,12,14-16H,2-4,7-8,11,13H2,1H3. The molecular weight excluding hydrogens is 430 g/mol. The molecule has 168 valence electrons. The number of amides is 3. The Morgan fingerprint density at radius 1 is 1.16 bits per heavy atom. The number of esters is 1. The van der Waals surface area contributed by atoms with Crippen LogP contribution in [0.4, 0.5) is 5.13 Å². The van der Waals surface area contributed by atoms with Gasteiger partial charge in [-0.1, -0.05) is 31.4 Å². The summed E-state index contributed by atoms with van der Waals surface area (Å²) in [7, 11) is 0. The van der Waals surface area contributed by atoms with Gasteiger partial charge in [0.05, 0.1) is 17.5 Å². The molecule has 1 aromatic carbocycles. The summed E-state index contributed by atoms with van der Waals surface area (Å²) in [5.74, 6) is -1.78. The van der Waals surface area contributed by atoms with Crippen molar-refractivity contribution in [2.75, 3.05) is 11.4 Å². The van der Waals surface area contributed by atoms with E-state index in [0.717, 1.165) is 37.0 Å². The van der Waals surface area contributed by atoms with Gasteiger partial charge in [0.25, 0.3) is 17.7 Å². The molecule has 32 heavy (non-hydrogen) atoms. The second-order valence-corrected chi connectivity index (χ2v) is 8.88. The van der Waals surface area contributed by atoms with Gasteiger partial charge in [0.15, 0.2) is 11.2 Å². The zero-order chi connectivity index (χ0) is 22.7. The third-order valence-corrected chi connectivity index (χ3v) is 6.65. The van der Waals surface area contributed by atoms with Gasteiger partial charge in [-0.15, -0.1) is 11.3 Å². The minimum Gasteiger partial charge on any atom is -0.452 e. The summed E-state index contributed by atoms with van der Waals surface area (Å²) >= 11 is 1.38. The largest absolute Gasteiger partial charge is 0.452 e. The van der Waals surface area contributed by atoms with E-state index < -0.39 is 23.9 Å². The van der Waals surface area contributed by atoms with Crippen LogP contribution in [-0.4, -0.2) is 52.3 Å². The molecule has 1 aromatic heterocycles. The molecule has 1 unspecified atom stereocenters. The van der Waals surface area contributed by atoms with Gasteiger partial charge in [0, 0.05) is 24.2 Å². The van der Waals surface area contributed by atoms with E-state index in [0.29, 0.717) is 16.3 Å². The number of carbonyl (C=O) groups is 4. The molecule has 1 saturated carbocycles. The predicted molar refractivity (Wildman–Crippen MR) is 118 cm³/mol. The molecule has 2 aromatic rings. The Kier molecular flexibility index (Phi) is 6.64. The Hall–Kier alpha value is -3.07. The predicted octanol–water partition coefficient (Wildman–Crippen LogP) is 3.43. The second-order valence-electron chi connectivity index (χ2n) is 8.00. The molecule has 0 spiro atoms. The first-order valence-electron chi connectivity index (χ1n) is 10.8. The molecule has 2 aliphatic rings. The third kappa shape index (κ3) is 4.43. The Morgan fingerprint density at radius 3 is 2.41 bits per heavy atom. The Labute approximate surface area is 190 Å². The lowest BCUT2D eigenvalue weighted by Gasteiger charge is -2.33. The summed E-state index contributed by atoms with van der Waals surface area (Å²) in [4.78, 5) is 57.5. The lowest BCUT2D eigenvalue weighted by molar-refractivity contribution is -0.154. The van der Waals surface area contributed by atoms with E-state index in [1.54, 1.807) is 42.3 Å². The van der Waals surface area contributed by atoms with Crippen molar-refractivity contribution in [3.05, 3.63) is 47.0 Å². The number of hydrogen-bond acceptors (Lipinski definition) is 7. The molecule has 4 rings (SSSR count). The van der Waals surface area contributed by atoms with Crippen molar-refractivity contribution in [2.24, 2.45) is 0 Å². The number of rotatable bonds is 7. The zero-order valence-electron chi connectivity index (χ0n) is 17.9. The van der Waals surface area contributed by atoms with Crippen LogP contribution >= 0.6 is 11.3 Å². The Bertz CT molecular complexity index is 981. The van der Waals surface area contributed by atoms with Crippen molar-refractivity contribution in [1.82, 2.24) is 9.88 Å². The SMILES string of the molecule is CC(OC(=O)CCN1C(=O)c2ccccc2C1=O)C(=O)N(c1nccs1)C1CCCCC1.